The number of rotatable bonds is 0. The number of carbonyl (C=O) groups excluding carboxylic acids is 13. The van der Waals surface area contributed by atoms with Gasteiger partial charge in [-0.2, -0.15) is 20.4 Å². The zero-order chi connectivity index (χ0) is 80.0. The molecule has 0 aromatic heterocycles. The minimum Gasteiger partial charge on any atom is -0.445 e. The topological polar surface area (TPSA) is 517 Å². The predicted molar refractivity (Wildman–Crippen MR) is 396 cm³/mol. The summed E-state index contributed by atoms with van der Waals surface area (Å²) in [6.07, 6.45) is 25.8. The Kier molecular flexibility index (Phi) is 54.2. The minimum absolute atomic E-state index is 0.0347. The van der Waals surface area contributed by atoms with E-state index in [4.69, 9.17) is 0 Å². The van der Waals surface area contributed by atoms with Crippen LogP contribution in [0.15, 0.2) is 94.8 Å². The highest BCUT2D eigenvalue weighted by Crippen LogP contribution is 2.00. The van der Waals surface area contributed by atoms with Crippen LogP contribution in [0, 0.1) is 0 Å². The number of carbonyl (C=O) groups is 13. The number of nitrogens with one attached hydrogen (secondary N) is 10. The number of ether oxygens (including phenoxy) is 2. The van der Waals surface area contributed by atoms with E-state index in [-0.39, 0.29) is 72.5 Å². The quantitative estimate of drug-likeness (QED) is 0.155. The Morgan fingerprint density at radius 3 is 1.43 bits per heavy atom. The van der Waals surface area contributed by atoms with Crippen LogP contribution in [0.2, 0.25) is 0 Å². The maximum absolute atomic E-state index is 10.6. The number of hydrogen-bond donors (Lipinski definition) is 10. The number of aliphatic imine (C=N–C) groups is 3. The van der Waals surface area contributed by atoms with Gasteiger partial charge < -0.3 is 75.3 Å². The fourth-order valence-corrected chi connectivity index (χ4v) is 6.16. The lowest BCUT2D eigenvalue weighted by molar-refractivity contribution is 0.112. The van der Waals surface area contributed by atoms with Gasteiger partial charge in [0.1, 0.15) is 6.61 Å². The lowest BCUT2D eigenvalue weighted by Gasteiger charge is -2.23. The van der Waals surface area contributed by atoms with Crippen LogP contribution in [-0.2, 0) is 14.3 Å². The Hall–Kier alpha value is -12.5. The van der Waals surface area contributed by atoms with Crippen LogP contribution in [0.1, 0.15) is 40.5 Å². The van der Waals surface area contributed by atoms with E-state index in [0.29, 0.717) is 72.1 Å². The summed E-state index contributed by atoms with van der Waals surface area (Å²) in [7, 11) is 18.6. The molecule has 0 aliphatic carbocycles. The van der Waals surface area contributed by atoms with Gasteiger partial charge in [-0.15, -0.1) is 0 Å². The van der Waals surface area contributed by atoms with Gasteiger partial charge in [0, 0.05) is 199 Å². The van der Waals surface area contributed by atoms with Crippen molar-refractivity contribution >= 4 is 122 Å². The summed E-state index contributed by atoms with van der Waals surface area (Å²) in [6.45, 7) is 17.8. The van der Waals surface area contributed by atoms with Crippen molar-refractivity contribution in [2.75, 3.05) is 176 Å². The SMILES string of the molecule is CC.CC.CN1C=CCNC1=O.CN1C=CCOC1=O.CN1CC=CNC1=O.CN1CC=COC1=O.CN1CC=NNC1=O.CN1CC=NOC1=O.CN1CCC=NC1=O.CN1CCN=NC1=O.CN1CCNNC1=O.CN1N=CCNC1=O.CN1NCC=NC1=O.O=C1N=CCCN1.O=C1NCC=NN1. The molecule has 13 aliphatic heterocycles. The molecule has 23 amide bonds. The number of cyclic esters (lactones) is 2. The summed E-state index contributed by atoms with van der Waals surface area (Å²) < 4.78 is 9.09. The van der Waals surface area contributed by atoms with Crippen LogP contribution in [0.25, 0.3) is 0 Å². The van der Waals surface area contributed by atoms with Gasteiger partial charge in [-0.1, -0.05) is 38.0 Å². The number of likely N-dealkylation sites (N-methyl/N-ethyl adjacent to an activating group) is 4. The van der Waals surface area contributed by atoms with Crippen molar-refractivity contribution in [2.24, 2.45) is 45.7 Å². The molecule has 0 spiro atoms. The zero-order valence-electron chi connectivity index (χ0n) is 62.7. The maximum atomic E-state index is 10.6. The molecule has 0 aromatic carbocycles. The molecular weight excluding hydrogens is 1400 g/mol. The van der Waals surface area contributed by atoms with Crippen molar-refractivity contribution in [1.29, 1.82) is 0 Å². The fourth-order valence-electron chi connectivity index (χ4n) is 6.16. The van der Waals surface area contributed by atoms with Gasteiger partial charge in [-0.05, 0) is 24.3 Å². The summed E-state index contributed by atoms with van der Waals surface area (Å²) in [4.78, 5) is 164. The number of urea groups is 10. The summed E-state index contributed by atoms with van der Waals surface area (Å²) in [5, 5.41) is 36.2. The van der Waals surface area contributed by atoms with Gasteiger partial charge in [0.15, 0.2) is 0 Å². The average Bonchev–Trinajstić information content (AvgIpc) is 1.15. The van der Waals surface area contributed by atoms with Gasteiger partial charge in [0.2, 0.25) is 0 Å². The third-order valence-electron chi connectivity index (χ3n) is 12.2. The molecule has 106 heavy (non-hydrogen) atoms. The van der Waals surface area contributed by atoms with Crippen molar-refractivity contribution in [2.45, 2.75) is 40.5 Å². The number of nitrogens with zero attached hydrogens (tertiary/aromatic N) is 20. The third-order valence-corrected chi connectivity index (χ3v) is 12.2. The molecule has 10 N–H and O–H groups in total. The minimum atomic E-state index is -0.396. The van der Waals surface area contributed by atoms with Crippen LogP contribution in [-0.4, -0.2) is 352 Å². The molecule has 0 unspecified atom stereocenters. The molecule has 0 aromatic rings. The number of hydrazine groups is 2. The lowest BCUT2D eigenvalue weighted by Crippen LogP contribution is -2.53. The predicted octanol–water partition coefficient (Wildman–Crippen LogP) is 2.08. The van der Waals surface area contributed by atoms with Crippen LogP contribution >= 0.6 is 0 Å². The van der Waals surface area contributed by atoms with E-state index < -0.39 is 6.09 Å². The Morgan fingerprint density at radius 1 is 0.453 bits per heavy atom. The van der Waals surface area contributed by atoms with Crippen molar-refractivity contribution in [3.8, 4) is 0 Å². The number of hydrogen-bond acceptors (Lipinski definition) is 23. The molecule has 1 fully saturated rings. The van der Waals surface area contributed by atoms with E-state index in [1.165, 1.54) is 51.9 Å². The Morgan fingerprint density at radius 2 is 1.08 bits per heavy atom. The lowest BCUT2D eigenvalue weighted by atomic mass is 10.4. The molecule has 0 radical (unpaired) electrons. The van der Waals surface area contributed by atoms with Gasteiger partial charge in [0.25, 0.3) is 0 Å². The van der Waals surface area contributed by atoms with E-state index in [9.17, 15) is 62.3 Å². The fraction of sp³-hybridized carbons (Fsp3) is 0.533. The second-order valence-electron chi connectivity index (χ2n) is 20.5. The van der Waals surface area contributed by atoms with Crippen LogP contribution in [0.3, 0.4) is 0 Å². The molecule has 13 aliphatic rings. The molecule has 1 saturated heterocycles. The van der Waals surface area contributed by atoms with Crippen molar-refractivity contribution in [1.82, 2.24) is 108 Å². The van der Waals surface area contributed by atoms with Crippen LogP contribution in [0.5, 0.6) is 0 Å². The van der Waals surface area contributed by atoms with Crippen molar-refractivity contribution < 1.29 is 76.6 Å². The van der Waals surface area contributed by atoms with E-state index in [2.05, 4.69) is 114 Å². The first-order valence-electron chi connectivity index (χ1n) is 32.7. The molecule has 46 nitrogen and oxygen atoms in total. The number of oxime groups is 1. The van der Waals surface area contributed by atoms with E-state index in [1.54, 1.807) is 160 Å². The smallest absolute Gasteiger partial charge is 0.436 e. The first-order valence-corrected chi connectivity index (χ1v) is 32.7. The second kappa shape index (κ2) is 60.1. The summed E-state index contributed by atoms with van der Waals surface area (Å²) in [5.41, 5.74) is 12.4. The summed E-state index contributed by atoms with van der Waals surface area (Å²) in [5.74, 6) is 0. The molecule has 0 atom stereocenters. The molecular formula is C60H104N30O16. The average molecular weight is 1500 g/mol. The maximum Gasteiger partial charge on any atom is 0.436 e. The van der Waals surface area contributed by atoms with Gasteiger partial charge in [0.05, 0.1) is 51.7 Å². The standard InChI is InChI=1S/3C5H8N2O.2C5H7NO2.C4H9N3O.4C4H7N3O.C4H6N2O2.C4H6N2O.C3H5N3O.2C2H6/c3*1-7-4-2-3-6-5(7)8;2*1-6-3-2-4-8-5(6)7;3*1-7-3-2-5-6-4(7)8;2*1-7-4(8)5-2-3-6-7;1-6-3-2-5-8-4(6)7;7-4-5-2-1-3-6-4;7-3-4-1-2-5-6-3;2*1-2/h3H,2,4H2,1H3;2,4H,3H2,1H3,(H,6,8);2-3H,4H2,1H3,(H,6,8);2,4H,3H2,1H3;2-3H,4H2,1H3;5H,2-3H2,1H3,(H,6,8);2-3H2,1H3;2H,3H2,1H3,(H,6,8);3H,2H2,1H3,(H,5,8);2,6H,3H2,1H3;2H,3H2,1H3;2H,1,3H2,(H,6,7);2H,1H2,(H2,4,6,7);2*1-2H3. The molecule has 46 heteroatoms. The first kappa shape index (κ1) is 95.5. The van der Waals surface area contributed by atoms with E-state index >= 15 is 0 Å². The molecule has 0 bridgehead atoms. The highest BCUT2D eigenvalue weighted by molar-refractivity contribution is 5.87. The Balaban J connectivity index is 0. The largest absolute Gasteiger partial charge is 0.445 e. The second-order valence-corrected chi connectivity index (χ2v) is 20.5. The third kappa shape index (κ3) is 48.3. The molecule has 0 saturated carbocycles. The summed E-state index contributed by atoms with van der Waals surface area (Å²) in [6, 6.07) is -1.48. The number of azo groups is 1. The number of amides is 23. The first-order chi connectivity index (χ1) is 50.6. The van der Waals surface area contributed by atoms with Crippen LogP contribution in [0.4, 0.5) is 62.3 Å². The molecule has 13 heterocycles. The van der Waals surface area contributed by atoms with Gasteiger partial charge >= 0.3 is 78.6 Å². The monoisotopic (exact) mass is 1500 g/mol. The molecule has 590 valence electrons. The highest BCUT2D eigenvalue weighted by atomic mass is 16.7. The number of hydrazone groups is 3. The Bertz CT molecular complexity index is 2840. The van der Waals surface area contributed by atoms with Gasteiger partial charge in [-0.25, -0.2) is 104 Å². The normalized spacial score (nSPS) is 18.4. The zero-order valence-corrected chi connectivity index (χ0v) is 62.7. The van der Waals surface area contributed by atoms with Crippen LogP contribution < -0.4 is 53.7 Å². The van der Waals surface area contributed by atoms with E-state index in [0.717, 1.165) is 39.0 Å². The Labute approximate surface area is 615 Å². The van der Waals surface area contributed by atoms with Crippen molar-refractivity contribution in [3.63, 3.8) is 0 Å². The summed E-state index contributed by atoms with van der Waals surface area (Å²) >= 11 is 0. The highest BCUT2D eigenvalue weighted by Gasteiger charge is 2.16. The van der Waals surface area contributed by atoms with Crippen molar-refractivity contribution in [3.05, 3.63) is 49.2 Å². The van der Waals surface area contributed by atoms with Gasteiger partial charge in [-0.3, -0.25) is 20.2 Å². The molecule has 13 rings (SSSR count). The van der Waals surface area contributed by atoms with E-state index in [1.807, 2.05) is 39.8 Å².